The van der Waals surface area contributed by atoms with E-state index in [0.29, 0.717) is 23.3 Å². The Morgan fingerprint density at radius 3 is 2.72 bits per heavy atom. The summed E-state index contributed by atoms with van der Waals surface area (Å²) in [5.74, 6) is 2.67. The van der Waals surface area contributed by atoms with Crippen LogP contribution in [0.3, 0.4) is 0 Å². The number of para-hydroxylation sites is 1. The Morgan fingerprint density at radius 1 is 1.14 bits per heavy atom. The van der Waals surface area contributed by atoms with E-state index in [1.807, 2.05) is 62.4 Å². The molecule has 0 saturated carbocycles. The van der Waals surface area contributed by atoms with E-state index in [4.69, 9.17) is 9.26 Å². The standard InChI is InChI=1S/C21H20N4O3S/c1-13(2)20-24-19(28-25-20)11-10-18(26)23-21-22-16-9-8-15(12-17(16)29-21)27-14-6-4-3-5-7-14/h3-9,12-13H,10-11H2,1-2H3,(H,22,23,26). The van der Waals surface area contributed by atoms with Crippen LogP contribution in [0.2, 0.25) is 0 Å². The van der Waals surface area contributed by atoms with Crippen LogP contribution in [-0.2, 0) is 11.2 Å². The number of thiazole rings is 1. The highest BCUT2D eigenvalue weighted by atomic mass is 32.1. The van der Waals surface area contributed by atoms with Crippen molar-refractivity contribution in [3.8, 4) is 11.5 Å². The number of amides is 1. The average molecular weight is 408 g/mol. The Hall–Kier alpha value is -3.26. The molecule has 0 spiro atoms. The van der Waals surface area contributed by atoms with Gasteiger partial charge in [0.2, 0.25) is 11.8 Å². The van der Waals surface area contributed by atoms with Crippen LogP contribution in [0.15, 0.2) is 53.1 Å². The van der Waals surface area contributed by atoms with Gasteiger partial charge in [0.25, 0.3) is 0 Å². The van der Waals surface area contributed by atoms with Crippen molar-refractivity contribution in [2.24, 2.45) is 0 Å². The molecule has 0 bridgehead atoms. The van der Waals surface area contributed by atoms with Crippen molar-refractivity contribution in [3.05, 3.63) is 60.2 Å². The van der Waals surface area contributed by atoms with Gasteiger partial charge < -0.3 is 14.6 Å². The van der Waals surface area contributed by atoms with Crippen LogP contribution < -0.4 is 10.1 Å². The molecule has 1 amide bonds. The van der Waals surface area contributed by atoms with E-state index in [0.717, 1.165) is 21.7 Å². The SMILES string of the molecule is CC(C)c1noc(CCC(=O)Nc2nc3ccc(Oc4ccccc4)cc3s2)n1. The molecule has 4 aromatic rings. The molecule has 0 aliphatic carbocycles. The minimum Gasteiger partial charge on any atom is -0.457 e. The van der Waals surface area contributed by atoms with Gasteiger partial charge in [0.15, 0.2) is 11.0 Å². The van der Waals surface area contributed by atoms with Gasteiger partial charge in [-0.2, -0.15) is 4.98 Å². The number of aryl methyl sites for hydroxylation is 1. The van der Waals surface area contributed by atoms with Crippen LogP contribution in [0.1, 0.15) is 37.9 Å². The molecule has 148 valence electrons. The zero-order valence-corrected chi connectivity index (χ0v) is 16.9. The molecule has 29 heavy (non-hydrogen) atoms. The molecule has 8 heteroatoms. The van der Waals surface area contributed by atoms with E-state index in [9.17, 15) is 4.79 Å². The summed E-state index contributed by atoms with van der Waals surface area (Å²) in [7, 11) is 0. The highest BCUT2D eigenvalue weighted by Crippen LogP contribution is 2.31. The van der Waals surface area contributed by atoms with Gasteiger partial charge in [0.1, 0.15) is 11.5 Å². The van der Waals surface area contributed by atoms with Crippen molar-refractivity contribution in [2.45, 2.75) is 32.6 Å². The molecular formula is C21H20N4O3S. The molecule has 2 heterocycles. The maximum atomic E-state index is 12.3. The number of nitrogens with one attached hydrogen (secondary N) is 1. The highest BCUT2D eigenvalue weighted by Gasteiger charge is 2.13. The third-order valence-corrected chi connectivity index (χ3v) is 5.08. The maximum Gasteiger partial charge on any atom is 0.227 e. The van der Waals surface area contributed by atoms with Gasteiger partial charge in [0, 0.05) is 24.8 Å². The molecule has 0 radical (unpaired) electrons. The van der Waals surface area contributed by atoms with Crippen molar-refractivity contribution in [2.75, 3.05) is 5.32 Å². The number of hydrogen-bond donors (Lipinski definition) is 1. The van der Waals surface area contributed by atoms with E-state index in [2.05, 4.69) is 20.4 Å². The van der Waals surface area contributed by atoms with E-state index >= 15 is 0 Å². The monoisotopic (exact) mass is 408 g/mol. The first-order valence-corrected chi connectivity index (χ1v) is 10.1. The van der Waals surface area contributed by atoms with Crippen molar-refractivity contribution in [1.29, 1.82) is 0 Å². The first-order chi connectivity index (χ1) is 14.1. The van der Waals surface area contributed by atoms with Crippen LogP contribution in [0.5, 0.6) is 11.5 Å². The number of carbonyl (C=O) groups is 1. The Morgan fingerprint density at radius 2 is 1.97 bits per heavy atom. The predicted octanol–water partition coefficient (Wildman–Crippen LogP) is 5.17. The van der Waals surface area contributed by atoms with Crippen molar-refractivity contribution >= 4 is 32.6 Å². The van der Waals surface area contributed by atoms with Crippen LogP contribution >= 0.6 is 11.3 Å². The Bertz CT molecular complexity index is 1120. The number of rotatable bonds is 7. The largest absolute Gasteiger partial charge is 0.457 e. The summed E-state index contributed by atoms with van der Waals surface area (Å²) < 4.78 is 12.0. The van der Waals surface area contributed by atoms with E-state index < -0.39 is 0 Å². The summed E-state index contributed by atoms with van der Waals surface area (Å²) in [5.41, 5.74) is 0.809. The zero-order valence-electron chi connectivity index (χ0n) is 16.1. The molecule has 0 aliphatic rings. The molecule has 0 aliphatic heterocycles. The number of nitrogens with zero attached hydrogens (tertiary/aromatic N) is 3. The van der Waals surface area contributed by atoms with Gasteiger partial charge in [-0.15, -0.1) is 0 Å². The molecule has 2 aromatic heterocycles. The first kappa shape index (κ1) is 19.1. The fraction of sp³-hybridized carbons (Fsp3) is 0.238. The summed E-state index contributed by atoms with van der Waals surface area (Å²) >= 11 is 1.41. The second-order valence-electron chi connectivity index (χ2n) is 6.81. The summed E-state index contributed by atoms with van der Waals surface area (Å²) in [4.78, 5) is 21.0. The molecule has 0 saturated heterocycles. The van der Waals surface area contributed by atoms with Crippen molar-refractivity contribution < 1.29 is 14.1 Å². The van der Waals surface area contributed by atoms with Crippen LogP contribution in [0.4, 0.5) is 5.13 Å². The average Bonchev–Trinajstić information content (AvgIpc) is 3.33. The minimum absolute atomic E-state index is 0.144. The van der Waals surface area contributed by atoms with Crippen LogP contribution in [0.25, 0.3) is 10.2 Å². The summed E-state index contributed by atoms with van der Waals surface area (Å²) in [6.45, 7) is 3.98. The predicted molar refractivity (Wildman–Crippen MR) is 111 cm³/mol. The van der Waals surface area contributed by atoms with Gasteiger partial charge >= 0.3 is 0 Å². The summed E-state index contributed by atoms with van der Waals surface area (Å²) in [5, 5.41) is 7.29. The van der Waals surface area contributed by atoms with Gasteiger partial charge in [-0.1, -0.05) is 48.5 Å². The first-order valence-electron chi connectivity index (χ1n) is 9.32. The molecule has 2 aromatic carbocycles. The van der Waals surface area contributed by atoms with E-state index in [1.165, 1.54) is 11.3 Å². The lowest BCUT2D eigenvalue weighted by atomic mass is 10.2. The molecule has 0 unspecified atom stereocenters. The van der Waals surface area contributed by atoms with Crippen molar-refractivity contribution in [3.63, 3.8) is 0 Å². The molecular weight excluding hydrogens is 388 g/mol. The second kappa shape index (κ2) is 8.40. The Kier molecular flexibility index (Phi) is 5.53. The molecule has 0 atom stereocenters. The topological polar surface area (TPSA) is 90.1 Å². The third-order valence-electron chi connectivity index (χ3n) is 4.15. The number of hydrogen-bond acceptors (Lipinski definition) is 7. The van der Waals surface area contributed by atoms with Crippen molar-refractivity contribution in [1.82, 2.24) is 15.1 Å². The van der Waals surface area contributed by atoms with Crippen LogP contribution in [0, 0.1) is 0 Å². The molecule has 7 nitrogen and oxygen atoms in total. The summed E-state index contributed by atoms with van der Waals surface area (Å²) in [6, 6.07) is 15.2. The number of fused-ring (bicyclic) bond motifs is 1. The number of carbonyl (C=O) groups excluding carboxylic acids is 1. The maximum absolute atomic E-state index is 12.3. The Labute approximate surface area is 171 Å². The quantitative estimate of drug-likeness (QED) is 0.454. The smallest absolute Gasteiger partial charge is 0.227 e. The number of ether oxygens (including phenoxy) is 1. The normalized spacial score (nSPS) is 11.1. The summed E-state index contributed by atoms with van der Waals surface area (Å²) in [6.07, 6.45) is 0.642. The lowest BCUT2D eigenvalue weighted by molar-refractivity contribution is -0.116. The number of aromatic nitrogens is 3. The fourth-order valence-electron chi connectivity index (χ4n) is 2.65. The number of anilines is 1. The lowest BCUT2D eigenvalue weighted by Crippen LogP contribution is -2.12. The highest BCUT2D eigenvalue weighted by molar-refractivity contribution is 7.22. The fourth-order valence-corrected chi connectivity index (χ4v) is 3.56. The number of benzene rings is 2. The minimum atomic E-state index is -0.144. The zero-order chi connectivity index (χ0) is 20.2. The lowest BCUT2D eigenvalue weighted by Gasteiger charge is -2.04. The molecule has 1 N–H and O–H groups in total. The molecule has 4 rings (SSSR count). The van der Waals surface area contributed by atoms with Gasteiger partial charge in [-0.25, -0.2) is 4.98 Å². The van der Waals surface area contributed by atoms with E-state index in [1.54, 1.807) is 0 Å². The van der Waals surface area contributed by atoms with Gasteiger partial charge in [-0.05, 0) is 24.3 Å². The Balaban J connectivity index is 1.38. The second-order valence-corrected chi connectivity index (χ2v) is 7.84. The van der Waals surface area contributed by atoms with Gasteiger partial charge in [0.05, 0.1) is 10.2 Å². The third kappa shape index (κ3) is 4.78. The van der Waals surface area contributed by atoms with E-state index in [-0.39, 0.29) is 18.2 Å². The van der Waals surface area contributed by atoms with Gasteiger partial charge in [-0.3, -0.25) is 4.79 Å². The van der Waals surface area contributed by atoms with Crippen LogP contribution in [-0.4, -0.2) is 21.0 Å². The molecule has 0 fully saturated rings.